The Morgan fingerprint density at radius 3 is 2.47 bits per heavy atom. The van der Waals surface area contributed by atoms with Gasteiger partial charge in [-0.3, -0.25) is 0 Å². The maximum absolute atomic E-state index is 8.97. The number of rotatable bonds is 8. The van der Waals surface area contributed by atoms with Crippen molar-refractivity contribution in [1.82, 2.24) is 5.32 Å². The molecule has 2 unspecified atom stereocenters. The number of hydrogen-bond donors (Lipinski definition) is 2. The highest BCUT2D eigenvalue weighted by atomic mass is 16.3. The molecule has 1 aliphatic carbocycles. The molecule has 2 heteroatoms. The number of aliphatic hydroxyl groups excluding tert-OH is 1. The Kier molecular flexibility index (Phi) is 5.07. The molecule has 0 heterocycles. The first-order chi connectivity index (χ1) is 7.12. The van der Waals surface area contributed by atoms with Crippen molar-refractivity contribution in [2.45, 2.75) is 58.9 Å². The van der Waals surface area contributed by atoms with Crippen LogP contribution in [0.5, 0.6) is 0 Å². The summed E-state index contributed by atoms with van der Waals surface area (Å²) < 4.78 is 0. The lowest BCUT2D eigenvalue weighted by Gasteiger charge is -2.24. The Morgan fingerprint density at radius 1 is 1.33 bits per heavy atom. The van der Waals surface area contributed by atoms with Gasteiger partial charge in [0.05, 0.1) is 0 Å². The van der Waals surface area contributed by atoms with E-state index in [9.17, 15) is 0 Å². The second-order valence-corrected chi connectivity index (χ2v) is 5.45. The molecular formula is C13H27NO. The van der Waals surface area contributed by atoms with Gasteiger partial charge >= 0.3 is 0 Å². The fourth-order valence-electron chi connectivity index (χ4n) is 2.16. The lowest BCUT2D eigenvalue weighted by atomic mass is 9.97. The first-order valence-corrected chi connectivity index (χ1v) is 6.46. The van der Waals surface area contributed by atoms with Crippen LogP contribution in [-0.4, -0.2) is 24.3 Å². The highest BCUT2D eigenvalue weighted by Crippen LogP contribution is 2.47. The molecular weight excluding hydrogens is 186 g/mol. The SMILES string of the molecule is CCCC(CCO)CNC(C)C1(C)CC1. The summed E-state index contributed by atoms with van der Waals surface area (Å²) in [6, 6.07) is 0.635. The molecule has 0 aromatic heterocycles. The minimum Gasteiger partial charge on any atom is -0.396 e. The van der Waals surface area contributed by atoms with E-state index in [-0.39, 0.29) is 0 Å². The van der Waals surface area contributed by atoms with Gasteiger partial charge in [-0.05, 0) is 50.5 Å². The van der Waals surface area contributed by atoms with Crippen LogP contribution in [0.1, 0.15) is 52.9 Å². The summed E-state index contributed by atoms with van der Waals surface area (Å²) in [5.41, 5.74) is 0.565. The molecule has 1 saturated carbocycles. The van der Waals surface area contributed by atoms with E-state index in [0.29, 0.717) is 24.0 Å². The molecule has 15 heavy (non-hydrogen) atoms. The van der Waals surface area contributed by atoms with Crippen LogP contribution in [0, 0.1) is 11.3 Å². The molecule has 0 aromatic rings. The number of nitrogens with one attached hydrogen (secondary N) is 1. The standard InChI is InChI=1S/C13H27NO/c1-4-5-12(6-9-15)10-14-11(2)13(3)7-8-13/h11-12,14-15H,4-10H2,1-3H3. The van der Waals surface area contributed by atoms with Crippen LogP contribution < -0.4 is 5.32 Å². The second-order valence-electron chi connectivity index (χ2n) is 5.45. The number of aliphatic hydroxyl groups is 1. The van der Waals surface area contributed by atoms with Gasteiger partial charge < -0.3 is 10.4 Å². The molecule has 0 amide bonds. The quantitative estimate of drug-likeness (QED) is 0.649. The van der Waals surface area contributed by atoms with Gasteiger partial charge in [-0.25, -0.2) is 0 Å². The topological polar surface area (TPSA) is 32.3 Å². The zero-order valence-electron chi connectivity index (χ0n) is 10.6. The van der Waals surface area contributed by atoms with E-state index in [2.05, 4.69) is 26.1 Å². The molecule has 90 valence electrons. The normalized spacial score (nSPS) is 22.4. The van der Waals surface area contributed by atoms with Crippen LogP contribution in [0.2, 0.25) is 0 Å². The van der Waals surface area contributed by atoms with E-state index in [4.69, 9.17) is 5.11 Å². The highest BCUT2D eigenvalue weighted by Gasteiger charge is 2.42. The monoisotopic (exact) mass is 213 g/mol. The predicted molar refractivity (Wildman–Crippen MR) is 64.9 cm³/mol. The lowest BCUT2D eigenvalue weighted by Crippen LogP contribution is -2.37. The van der Waals surface area contributed by atoms with Crippen LogP contribution >= 0.6 is 0 Å². The van der Waals surface area contributed by atoms with Crippen LogP contribution in [0.4, 0.5) is 0 Å². The first kappa shape index (κ1) is 13.0. The van der Waals surface area contributed by atoms with Crippen LogP contribution in [-0.2, 0) is 0 Å². The predicted octanol–water partition coefficient (Wildman–Crippen LogP) is 2.56. The summed E-state index contributed by atoms with van der Waals surface area (Å²) in [5.74, 6) is 0.657. The van der Waals surface area contributed by atoms with Crippen molar-refractivity contribution in [2.24, 2.45) is 11.3 Å². The summed E-state index contributed by atoms with van der Waals surface area (Å²) in [6.45, 7) is 8.29. The first-order valence-electron chi connectivity index (χ1n) is 6.46. The molecule has 2 N–H and O–H groups in total. The van der Waals surface area contributed by atoms with E-state index in [1.165, 1.54) is 25.7 Å². The molecule has 1 fully saturated rings. The third-order valence-electron chi connectivity index (χ3n) is 4.03. The van der Waals surface area contributed by atoms with E-state index >= 15 is 0 Å². The summed E-state index contributed by atoms with van der Waals surface area (Å²) in [7, 11) is 0. The zero-order chi connectivity index (χ0) is 11.3. The summed E-state index contributed by atoms with van der Waals surface area (Å²) in [5, 5.41) is 12.6. The largest absolute Gasteiger partial charge is 0.396 e. The number of hydrogen-bond acceptors (Lipinski definition) is 2. The van der Waals surface area contributed by atoms with E-state index in [1.54, 1.807) is 0 Å². The van der Waals surface area contributed by atoms with Crippen molar-refractivity contribution in [3.05, 3.63) is 0 Å². The summed E-state index contributed by atoms with van der Waals surface area (Å²) in [4.78, 5) is 0. The van der Waals surface area contributed by atoms with Crippen molar-refractivity contribution in [2.75, 3.05) is 13.2 Å². The Balaban J connectivity index is 2.20. The van der Waals surface area contributed by atoms with Crippen molar-refractivity contribution in [3.8, 4) is 0 Å². The van der Waals surface area contributed by atoms with E-state index in [1.807, 2.05) is 0 Å². The molecule has 1 aliphatic rings. The van der Waals surface area contributed by atoms with Gasteiger partial charge in [-0.2, -0.15) is 0 Å². The summed E-state index contributed by atoms with van der Waals surface area (Å²) in [6.07, 6.45) is 6.15. The fourth-order valence-corrected chi connectivity index (χ4v) is 2.16. The second kappa shape index (κ2) is 5.86. The molecule has 0 bridgehead atoms. The van der Waals surface area contributed by atoms with Crippen LogP contribution in [0.15, 0.2) is 0 Å². The third-order valence-corrected chi connectivity index (χ3v) is 4.03. The van der Waals surface area contributed by atoms with Crippen molar-refractivity contribution >= 4 is 0 Å². The third kappa shape index (κ3) is 4.12. The smallest absolute Gasteiger partial charge is 0.0434 e. The van der Waals surface area contributed by atoms with Gasteiger partial charge in [-0.15, -0.1) is 0 Å². The van der Waals surface area contributed by atoms with Gasteiger partial charge in [0.2, 0.25) is 0 Å². The average molecular weight is 213 g/mol. The maximum Gasteiger partial charge on any atom is 0.0434 e. The summed E-state index contributed by atoms with van der Waals surface area (Å²) >= 11 is 0. The Labute approximate surface area is 94.5 Å². The Bertz CT molecular complexity index is 171. The molecule has 2 atom stereocenters. The van der Waals surface area contributed by atoms with Crippen molar-refractivity contribution < 1.29 is 5.11 Å². The Hall–Kier alpha value is -0.0800. The average Bonchev–Trinajstić information content (AvgIpc) is 2.94. The molecule has 0 aliphatic heterocycles. The molecule has 0 aromatic carbocycles. The van der Waals surface area contributed by atoms with Gasteiger partial charge in [0.1, 0.15) is 0 Å². The highest BCUT2D eigenvalue weighted by molar-refractivity contribution is 4.96. The van der Waals surface area contributed by atoms with Crippen molar-refractivity contribution in [3.63, 3.8) is 0 Å². The lowest BCUT2D eigenvalue weighted by molar-refractivity contribution is 0.240. The molecule has 2 nitrogen and oxygen atoms in total. The van der Waals surface area contributed by atoms with Gasteiger partial charge in [-0.1, -0.05) is 20.3 Å². The molecule has 0 radical (unpaired) electrons. The van der Waals surface area contributed by atoms with Gasteiger partial charge in [0.25, 0.3) is 0 Å². The maximum atomic E-state index is 8.97. The Morgan fingerprint density at radius 2 is 2.00 bits per heavy atom. The van der Waals surface area contributed by atoms with Gasteiger partial charge in [0.15, 0.2) is 0 Å². The zero-order valence-corrected chi connectivity index (χ0v) is 10.6. The minimum absolute atomic E-state index is 0.331. The molecule has 0 saturated heterocycles. The fraction of sp³-hybridized carbons (Fsp3) is 1.00. The minimum atomic E-state index is 0.331. The van der Waals surface area contributed by atoms with Crippen LogP contribution in [0.25, 0.3) is 0 Å². The van der Waals surface area contributed by atoms with Gasteiger partial charge in [0, 0.05) is 12.6 Å². The van der Waals surface area contributed by atoms with E-state index in [0.717, 1.165) is 13.0 Å². The van der Waals surface area contributed by atoms with Crippen LogP contribution in [0.3, 0.4) is 0 Å². The molecule has 1 rings (SSSR count). The molecule has 0 spiro atoms. The van der Waals surface area contributed by atoms with E-state index < -0.39 is 0 Å². The van der Waals surface area contributed by atoms with Crippen molar-refractivity contribution in [1.29, 1.82) is 0 Å².